The zero-order valence-corrected chi connectivity index (χ0v) is 13.8. The van der Waals surface area contributed by atoms with E-state index in [4.69, 9.17) is 4.74 Å². The molecule has 0 radical (unpaired) electrons. The van der Waals surface area contributed by atoms with Crippen molar-refractivity contribution < 1.29 is 22.7 Å². The maximum atomic E-state index is 13.0. The smallest absolute Gasteiger partial charge is 0.416 e. The van der Waals surface area contributed by atoms with Crippen LogP contribution in [0.25, 0.3) is 10.9 Å². The number of hydrogen-bond acceptors (Lipinski definition) is 4. The molecule has 0 aliphatic carbocycles. The minimum atomic E-state index is -4.47. The van der Waals surface area contributed by atoms with Crippen LogP contribution in [0.3, 0.4) is 0 Å². The Labute approximate surface area is 147 Å². The molecule has 0 atom stereocenters. The lowest BCUT2D eigenvalue weighted by molar-refractivity contribution is -0.137. The number of fused-ring (bicyclic) bond motifs is 1. The number of hydrogen-bond donors (Lipinski definition) is 1. The summed E-state index contributed by atoms with van der Waals surface area (Å²) in [7, 11) is 0. The van der Waals surface area contributed by atoms with Gasteiger partial charge in [0.05, 0.1) is 23.4 Å². The average molecular weight is 360 g/mol. The molecule has 0 spiro atoms. The number of pyridine rings is 1. The number of aromatic nitrogens is 1. The van der Waals surface area contributed by atoms with Crippen molar-refractivity contribution >= 4 is 28.2 Å². The summed E-state index contributed by atoms with van der Waals surface area (Å²) in [5, 5.41) is 3.49. The molecule has 3 aromatic rings. The van der Waals surface area contributed by atoms with Gasteiger partial charge in [-0.05, 0) is 31.2 Å². The van der Waals surface area contributed by atoms with Gasteiger partial charge in [-0.2, -0.15) is 13.2 Å². The lowest BCUT2D eigenvalue weighted by Gasteiger charge is -2.15. The zero-order chi connectivity index (χ0) is 18.7. The fourth-order valence-electron chi connectivity index (χ4n) is 2.53. The number of nitrogens with one attached hydrogen (secondary N) is 1. The van der Waals surface area contributed by atoms with Gasteiger partial charge < -0.3 is 10.1 Å². The number of anilines is 2. The van der Waals surface area contributed by atoms with Crippen LogP contribution in [-0.4, -0.2) is 17.6 Å². The molecule has 2 aromatic carbocycles. The zero-order valence-electron chi connectivity index (χ0n) is 13.8. The molecule has 0 amide bonds. The number of esters is 1. The molecule has 1 aromatic heterocycles. The monoisotopic (exact) mass is 360 g/mol. The van der Waals surface area contributed by atoms with Gasteiger partial charge in [0, 0.05) is 17.3 Å². The van der Waals surface area contributed by atoms with Crippen LogP contribution in [0.1, 0.15) is 22.8 Å². The summed E-state index contributed by atoms with van der Waals surface area (Å²) in [5.74, 6) is -0.597. The van der Waals surface area contributed by atoms with Crippen molar-refractivity contribution in [2.75, 3.05) is 11.9 Å². The van der Waals surface area contributed by atoms with Crippen LogP contribution in [0, 0.1) is 0 Å². The largest absolute Gasteiger partial charge is 0.462 e. The summed E-state index contributed by atoms with van der Waals surface area (Å²) in [6.07, 6.45) is -3.24. The van der Waals surface area contributed by atoms with Crippen molar-refractivity contribution in [2.24, 2.45) is 0 Å². The molecule has 7 heteroatoms. The summed E-state index contributed by atoms with van der Waals surface area (Å²) < 4.78 is 43.9. The quantitative estimate of drug-likeness (QED) is 0.652. The van der Waals surface area contributed by atoms with Gasteiger partial charge in [0.15, 0.2) is 0 Å². The first-order valence-electron chi connectivity index (χ1n) is 7.89. The second-order valence-electron chi connectivity index (χ2n) is 5.49. The molecule has 0 saturated carbocycles. The number of nitrogens with zero attached hydrogens (tertiary/aromatic N) is 1. The molecule has 0 bridgehead atoms. The summed E-state index contributed by atoms with van der Waals surface area (Å²) in [6, 6.07) is 12.2. The minimum absolute atomic E-state index is 0.131. The summed E-state index contributed by atoms with van der Waals surface area (Å²) in [5.41, 5.74) is 0.528. The maximum Gasteiger partial charge on any atom is 0.416 e. The summed E-state index contributed by atoms with van der Waals surface area (Å²) in [4.78, 5) is 16.3. The van der Waals surface area contributed by atoms with E-state index in [1.807, 2.05) is 6.07 Å². The van der Waals surface area contributed by atoms with E-state index < -0.39 is 17.7 Å². The Balaban J connectivity index is 2.17. The Kier molecular flexibility index (Phi) is 4.79. The second kappa shape index (κ2) is 7.03. The molecule has 0 saturated heterocycles. The number of carbonyl (C=O) groups is 1. The molecule has 4 nitrogen and oxygen atoms in total. The maximum absolute atomic E-state index is 13.0. The third-order valence-electron chi connectivity index (χ3n) is 3.73. The van der Waals surface area contributed by atoms with E-state index in [9.17, 15) is 18.0 Å². The SMILES string of the molecule is CCOC(=O)c1cnc2cc(C(F)(F)F)ccc2c1Nc1ccccc1. The van der Waals surface area contributed by atoms with E-state index in [0.29, 0.717) is 16.8 Å². The first-order chi connectivity index (χ1) is 12.4. The van der Waals surface area contributed by atoms with E-state index in [-0.39, 0.29) is 17.7 Å². The number of para-hydroxylation sites is 1. The van der Waals surface area contributed by atoms with E-state index in [2.05, 4.69) is 10.3 Å². The molecular formula is C19H15F3N2O2. The van der Waals surface area contributed by atoms with Gasteiger partial charge in [0.2, 0.25) is 0 Å². The van der Waals surface area contributed by atoms with E-state index in [1.165, 1.54) is 12.3 Å². The molecule has 134 valence electrons. The number of alkyl halides is 3. The van der Waals surface area contributed by atoms with Crippen LogP contribution in [0.2, 0.25) is 0 Å². The van der Waals surface area contributed by atoms with Crippen molar-refractivity contribution in [1.29, 1.82) is 0 Å². The predicted octanol–water partition coefficient (Wildman–Crippen LogP) is 5.17. The summed E-state index contributed by atoms with van der Waals surface area (Å²) >= 11 is 0. The first-order valence-corrected chi connectivity index (χ1v) is 7.89. The van der Waals surface area contributed by atoms with Crippen LogP contribution >= 0.6 is 0 Å². The van der Waals surface area contributed by atoms with Gasteiger partial charge in [-0.15, -0.1) is 0 Å². The highest BCUT2D eigenvalue weighted by Crippen LogP contribution is 2.35. The number of carbonyl (C=O) groups excluding carboxylic acids is 1. The number of halogens is 3. The highest BCUT2D eigenvalue weighted by Gasteiger charge is 2.31. The molecular weight excluding hydrogens is 345 g/mol. The van der Waals surface area contributed by atoms with Crippen LogP contribution in [0.5, 0.6) is 0 Å². The van der Waals surface area contributed by atoms with Crippen LogP contribution in [-0.2, 0) is 10.9 Å². The minimum Gasteiger partial charge on any atom is -0.462 e. The van der Waals surface area contributed by atoms with Crippen molar-refractivity contribution in [3.8, 4) is 0 Å². The second-order valence-corrected chi connectivity index (χ2v) is 5.49. The van der Waals surface area contributed by atoms with Gasteiger partial charge in [-0.1, -0.05) is 24.3 Å². The molecule has 1 N–H and O–H groups in total. The molecule has 26 heavy (non-hydrogen) atoms. The van der Waals surface area contributed by atoms with Crippen LogP contribution in [0.4, 0.5) is 24.5 Å². The predicted molar refractivity (Wildman–Crippen MR) is 92.4 cm³/mol. The van der Waals surface area contributed by atoms with Gasteiger partial charge >= 0.3 is 12.1 Å². The first kappa shape index (κ1) is 17.7. The number of ether oxygens (including phenoxy) is 1. The lowest BCUT2D eigenvalue weighted by Crippen LogP contribution is -2.10. The van der Waals surface area contributed by atoms with Gasteiger partial charge in [0.1, 0.15) is 5.56 Å². The fourth-order valence-corrected chi connectivity index (χ4v) is 2.53. The standard InChI is InChI=1S/C19H15F3N2O2/c1-2-26-18(25)15-11-23-16-10-12(19(20,21)22)8-9-14(16)17(15)24-13-6-4-3-5-7-13/h3-11H,2H2,1H3,(H,23,24). The average Bonchev–Trinajstić information content (AvgIpc) is 2.62. The Morgan fingerprint density at radius 2 is 1.88 bits per heavy atom. The van der Waals surface area contributed by atoms with Crippen molar-refractivity contribution in [3.63, 3.8) is 0 Å². The number of rotatable bonds is 4. The molecule has 0 unspecified atom stereocenters. The van der Waals surface area contributed by atoms with E-state index in [0.717, 1.165) is 12.1 Å². The molecule has 3 rings (SSSR count). The highest BCUT2D eigenvalue weighted by atomic mass is 19.4. The number of benzene rings is 2. The van der Waals surface area contributed by atoms with Crippen LogP contribution < -0.4 is 5.32 Å². The van der Waals surface area contributed by atoms with E-state index in [1.54, 1.807) is 31.2 Å². The third kappa shape index (κ3) is 3.61. The summed E-state index contributed by atoms with van der Waals surface area (Å²) in [6.45, 7) is 1.85. The molecule has 0 fully saturated rings. The van der Waals surface area contributed by atoms with Crippen molar-refractivity contribution in [3.05, 3.63) is 65.9 Å². The van der Waals surface area contributed by atoms with Crippen LogP contribution in [0.15, 0.2) is 54.7 Å². The molecule has 0 aliphatic rings. The van der Waals surface area contributed by atoms with Crippen molar-refractivity contribution in [2.45, 2.75) is 13.1 Å². The Bertz CT molecular complexity index is 941. The topological polar surface area (TPSA) is 51.2 Å². The molecule has 1 heterocycles. The lowest BCUT2D eigenvalue weighted by atomic mass is 10.1. The normalized spacial score (nSPS) is 11.4. The van der Waals surface area contributed by atoms with Gasteiger partial charge in [-0.3, -0.25) is 4.98 Å². The van der Waals surface area contributed by atoms with Crippen molar-refractivity contribution in [1.82, 2.24) is 4.98 Å². The highest BCUT2D eigenvalue weighted by molar-refractivity contribution is 6.06. The van der Waals surface area contributed by atoms with Gasteiger partial charge in [-0.25, -0.2) is 4.79 Å². The Hall–Kier alpha value is -3.09. The fraction of sp³-hybridized carbons (Fsp3) is 0.158. The van der Waals surface area contributed by atoms with Gasteiger partial charge in [0.25, 0.3) is 0 Å². The molecule has 0 aliphatic heterocycles. The van der Waals surface area contributed by atoms with E-state index >= 15 is 0 Å². The third-order valence-corrected chi connectivity index (χ3v) is 3.73. The Morgan fingerprint density at radius 1 is 1.15 bits per heavy atom. The Morgan fingerprint density at radius 3 is 2.54 bits per heavy atom.